The largest absolute Gasteiger partial charge is 0.460 e. The van der Waals surface area contributed by atoms with Crippen LogP contribution in [0.1, 0.15) is 28.8 Å². The molecule has 17 heavy (non-hydrogen) atoms. The number of halogens is 1. The normalized spacial score (nSPS) is 19.2. The van der Waals surface area contributed by atoms with Gasteiger partial charge in [0.25, 0.3) is 0 Å². The van der Waals surface area contributed by atoms with Crippen LogP contribution >= 0.6 is 11.6 Å². The Bertz CT molecular complexity index is 389. The number of nitrogens with one attached hydrogen (secondary N) is 1. The van der Waals surface area contributed by atoms with Gasteiger partial charge in [-0.3, -0.25) is 0 Å². The molecule has 1 aromatic rings. The van der Waals surface area contributed by atoms with Crippen molar-refractivity contribution in [2.24, 2.45) is 0 Å². The Kier molecular flexibility index (Phi) is 4.40. The highest BCUT2D eigenvalue weighted by Crippen LogP contribution is 2.10. The lowest BCUT2D eigenvalue weighted by atomic mass is 10.1. The molecule has 1 aliphatic rings. The predicted molar refractivity (Wildman–Crippen MR) is 67.3 cm³/mol. The van der Waals surface area contributed by atoms with Crippen LogP contribution in [-0.4, -0.2) is 25.2 Å². The molecule has 0 radical (unpaired) electrons. The quantitative estimate of drug-likeness (QED) is 0.661. The van der Waals surface area contributed by atoms with E-state index in [2.05, 4.69) is 5.32 Å². The molecule has 0 saturated carbocycles. The molecule has 0 spiro atoms. The van der Waals surface area contributed by atoms with Crippen LogP contribution in [0, 0.1) is 0 Å². The average molecular weight is 254 g/mol. The zero-order valence-corrected chi connectivity index (χ0v) is 10.4. The number of carbonyl (C=O) groups is 1. The number of esters is 1. The Labute approximate surface area is 106 Å². The van der Waals surface area contributed by atoms with Gasteiger partial charge in [-0.25, -0.2) is 4.79 Å². The molecule has 92 valence electrons. The van der Waals surface area contributed by atoms with E-state index in [0.29, 0.717) is 24.1 Å². The van der Waals surface area contributed by atoms with Crippen LogP contribution in [0.15, 0.2) is 24.3 Å². The molecule has 1 N–H and O–H groups in total. The van der Waals surface area contributed by atoms with Gasteiger partial charge in [0.05, 0.1) is 5.56 Å². The van der Waals surface area contributed by atoms with Crippen LogP contribution in [0.25, 0.3) is 0 Å². The number of ether oxygens (including phenoxy) is 1. The summed E-state index contributed by atoms with van der Waals surface area (Å²) in [6.07, 6.45) is 2.24. The summed E-state index contributed by atoms with van der Waals surface area (Å²) in [4.78, 5) is 11.8. The number of rotatable bonds is 4. The second kappa shape index (κ2) is 6.03. The van der Waals surface area contributed by atoms with E-state index < -0.39 is 0 Å². The number of carbonyl (C=O) groups excluding carboxylic acids is 1. The molecule has 0 aromatic heterocycles. The van der Waals surface area contributed by atoms with Gasteiger partial charge in [0.15, 0.2) is 0 Å². The van der Waals surface area contributed by atoms with Gasteiger partial charge in [-0.2, -0.15) is 0 Å². The van der Waals surface area contributed by atoms with Crippen LogP contribution < -0.4 is 5.32 Å². The number of hydrogen-bond donors (Lipinski definition) is 1. The van der Waals surface area contributed by atoms with Crippen LogP contribution in [-0.2, 0) is 10.6 Å². The summed E-state index contributed by atoms with van der Waals surface area (Å²) in [5.41, 5.74) is 1.50. The molecular formula is C13H16ClNO2. The monoisotopic (exact) mass is 253 g/mol. The average Bonchev–Trinajstić information content (AvgIpc) is 2.89. The van der Waals surface area contributed by atoms with E-state index >= 15 is 0 Å². The van der Waals surface area contributed by atoms with E-state index in [-0.39, 0.29) is 5.97 Å². The molecule has 1 fully saturated rings. The Morgan fingerprint density at radius 2 is 2.41 bits per heavy atom. The van der Waals surface area contributed by atoms with E-state index in [1.165, 1.54) is 0 Å². The molecule has 3 nitrogen and oxygen atoms in total. The minimum atomic E-state index is -0.273. The van der Waals surface area contributed by atoms with Gasteiger partial charge in [0.1, 0.15) is 6.61 Å². The van der Waals surface area contributed by atoms with Crippen LogP contribution in [0.5, 0.6) is 0 Å². The van der Waals surface area contributed by atoms with E-state index in [9.17, 15) is 4.79 Å². The van der Waals surface area contributed by atoms with E-state index in [1.54, 1.807) is 12.1 Å². The fraction of sp³-hybridized carbons (Fsp3) is 0.462. The summed E-state index contributed by atoms with van der Waals surface area (Å²) in [6, 6.07) is 7.55. The first-order valence-corrected chi connectivity index (χ1v) is 6.38. The zero-order valence-electron chi connectivity index (χ0n) is 9.62. The Morgan fingerprint density at radius 1 is 1.53 bits per heavy atom. The highest BCUT2D eigenvalue weighted by Gasteiger charge is 2.16. The smallest absolute Gasteiger partial charge is 0.338 e. The third-order valence-corrected chi connectivity index (χ3v) is 3.20. The lowest BCUT2D eigenvalue weighted by molar-refractivity contribution is 0.0473. The molecule has 1 aliphatic heterocycles. The minimum Gasteiger partial charge on any atom is -0.460 e. The fourth-order valence-electron chi connectivity index (χ4n) is 1.94. The second-order valence-electron chi connectivity index (χ2n) is 4.23. The third-order valence-electron chi connectivity index (χ3n) is 2.89. The molecule has 0 amide bonds. The van der Waals surface area contributed by atoms with Crippen molar-refractivity contribution in [3.63, 3.8) is 0 Å². The predicted octanol–water partition coefficient (Wildman–Crippen LogP) is 2.33. The molecular weight excluding hydrogens is 238 g/mol. The SMILES string of the molecule is O=C(OCC1CCCN1)c1cccc(CCl)c1. The lowest BCUT2D eigenvalue weighted by Gasteiger charge is -2.11. The molecule has 2 rings (SSSR count). The van der Waals surface area contributed by atoms with Gasteiger partial charge >= 0.3 is 5.97 Å². The molecule has 1 unspecified atom stereocenters. The first-order chi connectivity index (χ1) is 8.29. The van der Waals surface area contributed by atoms with Gasteiger partial charge in [0, 0.05) is 11.9 Å². The number of hydrogen-bond acceptors (Lipinski definition) is 3. The van der Waals surface area contributed by atoms with Crippen LogP contribution in [0.4, 0.5) is 0 Å². The van der Waals surface area contributed by atoms with Crippen LogP contribution in [0.3, 0.4) is 0 Å². The summed E-state index contributed by atoms with van der Waals surface area (Å²) in [5.74, 6) is 0.136. The van der Waals surface area contributed by atoms with Gasteiger partial charge in [-0.15, -0.1) is 11.6 Å². The Morgan fingerprint density at radius 3 is 3.12 bits per heavy atom. The topological polar surface area (TPSA) is 38.3 Å². The third kappa shape index (κ3) is 3.45. The molecule has 4 heteroatoms. The maximum Gasteiger partial charge on any atom is 0.338 e. The van der Waals surface area contributed by atoms with E-state index in [1.807, 2.05) is 12.1 Å². The van der Waals surface area contributed by atoms with Crippen molar-refractivity contribution in [3.05, 3.63) is 35.4 Å². The van der Waals surface area contributed by atoms with E-state index in [4.69, 9.17) is 16.3 Å². The highest BCUT2D eigenvalue weighted by molar-refractivity contribution is 6.17. The Balaban J connectivity index is 1.89. The van der Waals surface area contributed by atoms with Crippen molar-refractivity contribution in [2.75, 3.05) is 13.2 Å². The van der Waals surface area contributed by atoms with E-state index in [0.717, 1.165) is 24.9 Å². The molecule has 1 aromatic carbocycles. The van der Waals surface area contributed by atoms with Gasteiger partial charge in [-0.05, 0) is 37.1 Å². The van der Waals surface area contributed by atoms with Crippen molar-refractivity contribution in [2.45, 2.75) is 24.8 Å². The van der Waals surface area contributed by atoms with Crippen molar-refractivity contribution < 1.29 is 9.53 Å². The minimum absolute atomic E-state index is 0.273. The van der Waals surface area contributed by atoms with Crippen molar-refractivity contribution in [1.29, 1.82) is 0 Å². The first kappa shape index (κ1) is 12.4. The van der Waals surface area contributed by atoms with Gasteiger partial charge in [0.2, 0.25) is 0 Å². The highest BCUT2D eigenvalue weighted by atomic mass is 35.5. The van der Waals surface area contributed by atoms with Crippen LogP contribution in [0.2, 0.25) is 0 Å². The van der Waals surface area contributed by atoms with Gasteiger partial charge in [-0.1, -0.05) is 12.1 Å². The summed E-state index contributed by atoms with van der Waals surface area (Å²) in [7, 11) is 0. The zero-order chi connectivity index (χ0) is 12.1. The fourth-order valence-corrected chi connectivity index (χ4v) is 2.11. The molecule has 1 heterocycles. The van der Waals surface area contributed by atoms with Crippen molar-refractivity contribution >= 4 is 17.6 Å². The maximum absolute atomic E-state index is 11.8. The summed E-state index contributed by atoms with van der Waals surface area (Å²) >= 11 is 5.72. The standard InChI is InChI=1S/C13H16ClNO2/c14-8-10-3-1-4-11(7-10)13(16)17-9-12-5-2-6-15-12/h1,3-4,7,12,15H,2,5-6,8-9H2. The lowest BCUT2D eigenvalue weighted by Crippen LogP contribution is -2.28. The van der Waals surface area contributed by atoms with Crippen molar-refractivity contribution in [3.8, 4) is 0 Å². The maximum atomic E-state index is 11.8. The number of alkyl halides is 1. The molecule has 1 saturated heterocycles. The second-order valence-corrected chi connectivity index (χ2v) is 4.49. The van der Waals surface area contributed by atoms with Gasteiger partial charge < -0.3 is 10.1 Å². The number of benzene rings is 1. The first-order valence-electron chi connectivity index (χ1n) is 5.85. The molecule has 0 bridgehead atoms. The summed E-state index contributed by atoms with van der Waals surface area (Å²) in [6.45, 7) is 1.47. The Hall–Kier alpha value is -1.06. The summed E-state index contributed by atoms with van der Waals surface area (Å²) in [5, 5.41) is 3.29. The molecule has 1 atom stereocenters. The molecule has 0 aliphatic carbocycles. The summed E-state index contributed by atoms with van der Waals surface area (Å²) < 4.78 is 5.27. The van der Waals surface area contributed by atoms with Crippen molar-refractivity contribution in [1.82, 2.24) is 5.32 Å².